The standard InChI is InChI=1S/C9H17N5S/c1-13-3-4-14(2)7(6-13)5-8-11-9(10)15-12-8/h7H,3-6H2,1-2H3,(H2,10,11,12). The highest BCUT2D eigenvalue weighted by atomic mass is 32.1. The van der Waals surface area contributed by atoms with Gasteiger partial charge in [-0.3, -0.25) is 0 Å². The second-order valence-corrected chi connectivity index (χ2v) is 4.93. The summed E-state index contributed by atoms with van der Waals surface area (Å²) in [6, 6.07) is 0.512. The quantitative estimate of drug-likeness (QED) is 0.765. The highest BCUT2D eigenvalue weighted by Gasteiger charge is 2.23. The fourth-order valence-corrected chi connectivity index (χ4v) is 2.34. The van der Waals surface area contributed by atoms with Crippen molar-refractivity contribution >= 4 is 16.7 Å². The number of nitrogens with two attached hydrogens (primary N) is 1. The van der Waals surface area contributed by atoms with Gasteiger partial charge >= 0.3 is 0 Å². The smallest absolute Gasteiger partial charge is 0.199 e. The molecule has 1 unspecified atom stereocenters. The molecule has 0 bridgehead atoms. The Morgan fingerprint density at radius 2 is 2.27 bits per heavy atom. The van der Waals surface area contributed by atoms with Gasteiger partial charge in [-0.25, -0.2) is 4.98 Å². The van der Waals surface area contributed by atoms with Crippen LogP contribution in [0.25, 0.3) is 0 Å². The van der Waals surface area contributed by atoms with Crippen LogP contribution in [-0.2, 0) is 6.42 Å². The minimum atomic E-state index is 0.512. The molecule has 84 valence electrons. The van der Waals surface area contributed by atoms with E-state index in [0.717, 1.165) is 31.9 Å². The van der Waals surface area contributed by atoms with Crippen LogP contribution in [0.15, 0.2) is 0 Å². The summed E-state index contributed by atoms with van der Waals surface area (Å²) in [7, 11) is 4.32. The molecule has 2 N–H and O–H groups in total. The van der Waals surface area contributed by atoms with E-state index in [1.54, 1.807) is 0 Å². The lowest BCUT2D eigenvalue weighted by Gasteiger charge is -2.37. The third-order valence-electron chi connectivity index (χ3n) is 2.88. The predicted octanol–water partition coefficient (Wildman–Crippen LogP) is -0.0914. The fraction of sp³-hybridized carbons (Fsp3) is 0.778. The van der Waals surface area contributed by atoms with Gasteiger partial charge in [-0.2, -0.15) is 4.37 Å². The minimum Gasteiger partial charge on any atom is -0.374 e. The lowest BCUT2D eigenvalue weighted by Crippen LogP contribution is -2.50. The van der Waals surface area contributed by atoms with Crippen molar-refractivity contribution in [1.82, 2.24) is 19.2 Å². The SMILES string of the molecule is CN1CCN(C)C(Cc2nsc(N)n2)C1. The summed E-state index contributed by atoms with van der Waals surface area (Å²) in [5, 5.41) is 0.566. The van der Waals surface area contributed by atoms with Crippen molar-refractivity contribution in [1.29, 1.82) is 0 Å². The molecule has 0 radical (unpaired) electrons. The number of nitrogens with zero attached hydrogens (tertiary/aromatic N) is 4. The molecule has 2 heterocycles. The molecule has 1 atom stereocenters. The first-order valence-electron chi connectivity index (χ1n) is 5.12. The van der Waals surface area contributed by atoms with E-state index >= 15 is 0 Å². The van der Waals surface area contributed by atoms with Gasteiger partial charge in [-0.15, -0.1) is 0 Å². The van der Waals surface area contributed by atoms with E-state index in [0.29, 0.717) is 11.2 Å². The van der Waals surface area contributed by atoms with Crippen LogP contribution >= 0.6 is 11.5 Å². The first kappa shape index (κ1) is 10.8. The Morgan fingerprint density at radius 3 is 2.93 bits per heavy atom. The van der Waals surface area contributed by atoms with Gasteiger partial charge in [0.2, 0.25) is 0 Å². The van der Waals surface area contributed by atoms with Crippen molar-refractivity contribution in [3.05, 3.63) is 5.82 Å². The van der Waals surface area contributed by atoms with E-state index in [1.807, 2.05) is 0 Å². The third-order valence-corrected chi connectivity index (χ3v) is 3.46. The van der Waals surface area contributed by atoms with Crippen LogP contribution in [-0.4, -0.2) is 58.9 Å². The Kier molecular flexibility index (Phi) is 3.18. The molecule has 1 saturated heterocycles. The first-order valence-corrected chi connectivity index (χ1v) is 5.89. The molecule has 6 heteroatoms. The van der Waals surface area contributed by atoms with Crippen molar-refractivity contribution in [3.63, 3.8) is 0 Å². The van der Waals surface area contributed by atoms with Crippen LogP contribution in [0.1, 0.15) is 5.82 Å². The molecule has 1 aliphatic heterocycles. The van der Waals surface area contributed by atoms with Gasteiger partial charge in [-0.05, 0) is 14.1 Å². The first-order chi connectivity index (χ1) is 7.15. The Balaban J connectivity index is 1.98. The van der Waals surface area contributed by atoms with E-state index in [2.05, 4.69) is 33.3 Å². The normalized spacial score (nSPS) is 24.5. The Bertz CT molecular complexity index is 326. The highest BCUT2D eigenvalue weighted by molar-refractivity contribution is 7.09. The van der Waals surface area contributed by atoms with Crippen molar-refractivity contribution < 1.29 is 0 Å². The summed E-state index contributed by atoms with van der Waals surface area (Å²) in [6.45, 7) is 3.33. The Hall–Kier alpha value is -0.720. The van der Waals surface area contributed by atoms with Crippen molar-refractivity contribution in [2.24, 2.45) is 0 Å². The summed E-state index contributed by atoms with van der Waals surface area (Å²) < 4.78 is 4.23. The average Bonchev–Trinajstić information content (AvgIpc) is 2.58. The number of piperazine rings is 1. The van der Waals surface area contributed by atoms with Gasteiger partial charge < -0.3 is 15.5 Å². The molecule has 5 nitrogen and oxygen atoms in total. The number of likely N-dealkylation sites (N-methyl/N-ethyl adjacent to an activating group) is 2. The van der Waals surface area contributed by atoms with Crippen molar-refractivity contribution in [2.45, 2.75) is 12.5 Å². The molecule has 2 rings (SSSR count). The molecule has 0 saturated carbocycles. The number of hydrogen-bond donors (Lipinski definition) is 1. The molecule has 1 aromatic rings. The van der Waals surface area contributed by atoms with Crippen LogP contribution in [0.2, 0.25) is 0 Å². The van der Waals surface area contributed by atoms with E-state index in [9.17, 15) is 0 Å². The largest absolute Gasteiger partial charge is 0.374 e. The number of rotatable bonds is 2. The summed E-state index contributed by atoms with van der Waals surface area (Å²) in [5.41, 5.74) is 5.57. The van der Waals surface area contributed by atoms with Gasteiger partial charge in [-0.1, -0.05) is 0 Å². The van der Waals surface area contributed by atoms with E-state index in [-0.39, 0.29) is 0 Å². The zero-order valence-electron chi connectivity index (χ0n) is 9.18. The minimum absolute atomic E-state index is 0.512. The van der Waals surface area contributed by atoms with Crippen LogP contribution in [0.4, 0.5) is 5.13 Å². The van der Waals surface area contributed by atoms with Gasteiger partial charge in [0.05, 0.1) is 0 Å². The average molecular weight is 227 g/mol. The molecule has 1 aliphatic rings. The zero-order chi connectivity index (χ0) is 10.8. The molecule has 0 spiro atoms. The lowest BCUT2D eigenvalue weighted by molar-refractivity contribution is 0.113. The van der Waals surface area contributed by atoms with Crippen LogP contribution < -0.4 is 5.73 Å². The molecular formula is C9H17N5S. The van der Waals surface area contributed by atoms with Gasteiger partial charge in [0.15, 0.2) is 5.13 Å². The fourth-order valence-electron chi connectivity index (χ4n) is 1.88. The maximum Gasteiger partial charge on any atom is 0.199 e. The molecule has 15 heavy (non-hydrogen) atoms. The third kappa shape index (κ3) is 2.64. The van der Waals surface area contributed by atoms with Gasteiger partial charge in [0.1, 0.15) is 5.82 Å². The van der Waals surface area contributed by atoms with Crippen molar-refractivity contribution in [2.75, 3.05) is 39.5 Å². The van der Waals surface area contributed by atoms with Crippen LogP contribution in [0, 0.1) is 0 Å². The summed E-state index contributed by atoms with van der Waals surface area (Å²) in [5.74, 6) is 0.879. The van der Waals surface area contributed by atoms with E-state index < -0.39 is 0 Å². The predicted molar refractivity (Wildman–Crippen MR) is 61.9 cm³/mol. The summed E-state index contributed by atoms with van der Waals surface area (Å²) >= 11 is 1.28. The number of hydrogen-bond acceptors (Lipinski definition) is 6. The monoisotopic (exact) mass is 227 g/mol. The maximum absolute atomic E-state index is 5.57. The topological polar surface area (TPSA) is 58.3 Å². The summed E-state index contributed by atoms with van der Waals surface area (Å²) in [6.07, 6.45) is 0.897. The molecule has 0 amide bonds. The van der Waals surface area contributed by atoms with Gasteiger partial charge in [0, 0.05) is 43.6 Å². The second kappa shape index (κ2) is 4.42. The lowest BCUT2D eigenvalue weighted by atomic mass is 10.1. The molecular weight excluding hydrogens is 210 g/mol. The molecule has 1 aromatic heterocycles. The van der Waals surface area contributed by atoms with E-state index in [1.165, 1.54) is 11.5 Å². The maximum atomic E-state index is 5.57. The Morgan fingerprint density at radius 1 is 1.47 bits per heavy atom. The van der Waals surface area contributed by atoms with Crippen LogP contribution in [0.3, 0.4) is 0 Å². The van der Waals surface area contributed by atoms with Crippen molar-refractivity contribution in [3.8, 4) is 0 Å². The van der Waals surface area contributed by atoms with Gasteiger partial charge in [0.25, 0.3) is 0 Å². The number of aromatic nitrogens is 2. The Labute approximate surface area is 94.1 Å². The highest BCUT2D eigenvalue weighted by Crippen LogP contribution is 2.13. The molecule has 0 aromatic carbocycles. The summed E-state index contributed by atoms with van der Waals surface area (Å²) in [4.78, 5) is 8.92. The number of anilines is 1. The molecule has 0 aliphatic carbocycles. The zero-order valence-corrected chi connectivity index (χ0v) is 10.00. The van der Waals surface area contributed by atoms with E-state index in [4.69, 9.17) is 5.73 Å². The second-order valence-electron chi connectivity index (χ2n) is 4.15. The molecule has 1 fully saturated rings. The number of nitrogen functional groups attached to an aromatic ring is 1. The van der Waals surface area contributed by atoms with Crippen LogP contribution in [0.5, 0.6) is 0 Å².